The predicted molar refractivity (Wildman–Crippen MR) is 78.5 cm³/mol. The molecule has 0 aliphatic rings. The smallest absolute Gasteiger partial charge is 0.338 e. The predicted octanol–water partition coefficient (Wildman–Crippen LogP) is 3.28. The second kappa shape index (κ2) is 8.07. The summed E-state index contributed by atoms with van der Waals surface area (Å²) >= 11 is 0.933. The van der Waals surface area contributed by atoms with Crippen LogP contribution in [0.5, 0.6) is 0 Å². The van der Waals surface area contributed by atoms with Gasteiger partial charge in [0, 0.05) is 11.4 Å². The van der Waals surface area contributed by atoms with Crippen molar-refractivity contribution in [3.05, 3.63) is 29.8 Å². The molecule has 4 nitrogen and oxygen atoms in total. The Morgan fingerprint density at radius 1 is 1.27 bits per heavy atom. The minimum Gasteiger partial charge on any atom is -0.338 e. The van der Waals surface area contributed by atoms with Gasteiger partial charge in [0.15, 0.2) is 0 Å². The minimum absolute atomic E-state index is 0.142. The third-order valence-corrected chi connectivity index (χ3v) is 3.45. The number of carbonyl (C=O) groups is 2. The topological polar surface area (TPSA) is 58.2 Å². The van der Waals surface area contributed by atoms with Crippen molar-refractivity contribution in [1.82, 2.24) is 10.6 Å². The van der Waals surface area contributed by atoms with Crippen LogP contribution in [-0.4, -0.2) is 24.2 Å². The van der Waals surface area contributed by atoms with E-state index in [0.29, 0.717) is 11.4 Å². The number of rotatable bonds is 5. The number of amides is 3. The maximum atomic E-state index is 12.5. The number of imide groups is 1. The molecule has 0 atom stereocenters. The number of thioether (sulfide) groups is 1. The number of hydrogen-bond acceptors (Lipinski definition) is 3. The first kappa shape index (κ1) is 18.3. The average Bonchev–Trinajstić information content (AvgIpc) is 2.42. The van der Waals surface area contributed by atoms with Gasteiger partial charge in [-0.2, -0.15) is 13.2 Å². The van der Waals surface area contributed by atoms with Crippen molar-refractivity contribution in [2.24, 2.45) is 5.92 Å². The van der Waals surface area contributed by atoms with Gasteiger partial charge in [0.25, 0.3) is 0 Å². The molecule has 0 aliphatic carbocycles. The quantitative estimate of drug-likeness (QED) is 0.813. The number of halogens is 3. The molecule has 22 heavy (non-hydrogen) atoms. The van der Waals surface area contributed by atoms with Crippen LogP contribution in [0.3, 0.4) is 0 Å². The molecule has 8 heteroatoms. The summed E-state index contributed by atoms with van der Waals surface area (Å²) in [5.74, 6) is -0.458. The Morgan fingerprint density at radius 2 is 1.95 bits per heavy atom. The van der Waals surface area contributed by atoms with Gasteiger partial charge < -0.3 is 5.32 Å². The van der Waals surface area contributed by atoms with Crippen molar-refractivity contribution in [2.45, 2.75) is 24.9 Å². The van der Waals surface area contributed by atoms with Crippen molar-refractivity contribution >= 4 is 23.7 Å². The van der Waals surface area contributed by atoms with Gasteiger partial charge in [-0.25, -0.2) is 4.79 Å². The van der Waals surface area contributed by atoms with Crippen LogP contribution in [0.25, 0.3) is 0 Å². The van der Waals surface area contributed by atoms with E-state index in [2.05, 4.69) is 10.6 Å². The summed E-state index contributed by atoms with van der Waals surface area (Å²) in [7, 11) is 0. The maximum absolute atomic E-state index is 12.5. The molecule has 0 heterocycles. The van der Waals surface area contributed by atoms with Crippen molar-refractivity contribution in [3.63, 3.8) is 0 Å². The van der Waals surface area contributed by atoms with Crippen molar-refractivity contribution in [3.8, 4) is 0 Å². The molecule has 0 aliphatic heterocycles. The Hall–Kier alpha value is -1.70. The van der Waals surface area contributed by atoms with E-state index in [9.17, 15) is 22.8 Å². The van der Waals surface area contributed by atoms with E-state index in [1.165, 1.54) is 12.1 Å². The summed E-state index contributed by atoms with van der Waals surface area (Å²) in [6, 6.07) is 4.08. The first-order valence-corrected chi connectivity index (χ1v) is 7.55. The molecule has 1 aromatic carbocycles. The Balaban J connectivity index is 2.46. The third kappa shape index (κ3) is 6.84. The number of hydrogen-bond donors (Lipinski definition) is 2. The molecule has 3 amide bonds. The number of carbonyl (C=O) groups excluding carboxylic acids is 2. The highest BCUT2D eigenvalue weighted by Crippen LogP contribution is 2.31. The van der Waals surface area contributed by atoms with Crippen LogP contribution in [0, 0.1) is 5.92 Å². The van der Waals surface area contributed by atoms with Gasteiger partial charge in [-0.05, 0) is 24.1 Å². The normalized spacial score (nSPS) is 11.4. The number of nitrogens with one attached hydrogen (secondary N) is 2. The second-order valence-electron chi connectivity index (χ2n) is 4.97. The lowest BCUT2D eigenvalue weighted by atomic mass is 10.2. The zero-order valence-electron chi connectivity index (χ0n) is 12.2. The van der Waals surface area contributed by atoms with Crippen LogP contribution in [-0.2, 0) is 11.0 Å². The molecule has 0 unspecified atom stereocenters. The number of benzene rings is 1. The fraction of sp³-hybridized carbons (Fsp3) is 0.429. The third-order valence-electron chi connectivity index (χ3n) is 2.46. The SMILES string of the molecule is CC(C)CNC(=O)NC(=O)CSc1cccc(C(F)(F)F)c1. The summed E-state index contributed by atoms with van der Waals surface area (Å²) in [5, 5.41) is 4.63. The lowest BCUT2D eigenvalue weighted by Gasteiger charge is -2.09. The summed E-state index contributed by atoms with van der Waals surface area (Å²) in [4.78, 5) is 23.2. The Labute approximate surface area is 130 Å². The van der Waals surface area contributed by atoms with Gasteiger partial charge in [0.2, 0.25) is 5.91 Å². The molecule has 0 radical (unpaired) electrons. The fourth-order valence-corrected chi connectivity index (χ4v) is 2.17. The van der Waals surface area contributed by atoms with Gasteiger partial charge in [-0.1, -0.05) is 19.9 Å². The second-order valence-corrected chi connectivity index (χ2v) is 6.02. The summed E-state index contributed by atoms with van der Waals surface area (Å²) < 4.78 is 37.6. The Morgan fingerprint density at radius 3 is 2.55 bits per heavy atom. The maximum Gasteiger partial charge on any atom is 0.416 e. The lowest BCUT2D eigenvalue weighted by molar-refractivity contribution is -0.137. The van der Waals surface area contributed by atoms with Crippen LogP contribution in [0.15, 0.2) is 29.2 Å². The molecular formula is C14H17F3N2O2S. The highest BCUT2D eigenvalue weighted by Gasteiger charge is 2.30. The molecule has 1 aromatic rings. The first-order chi connectivity index (χ1) is 10.2. The van der Waals surface area contributed by atoms with E-state index in [1.807, 2.05) is 13.8 Å². The summed E-state index contributed by atoms with van der Waals surface area (Å²) in [5.41, 5.74) is -0.771. The molecular weight excluding hydrogens is 317 g/mol. The largest absolute Gasteiger partial charge is 0.416 e. The van der Waals surface area contributed by atoms with E-state index >= 15 is 0 Å². The molecule has 0 spiro atoms. The Kier molecular flexibility index (Phi) is 6.73. The van der Waals surface area contributed by atoms with Crippen LogP contribution in [0.2, 0.25) is 0 Å². The van der Waals surface area contributed by atoms with Crippen LogP contribution in [0.1, 0.15) is 19.4 Å². The van der Waals surface area contributed by atoms with Crippen LogP contribution < -0.4 is 10.6 Å². The molecule has 0 aromatic heterocycles. The van der Waals surface area contributed by atoms with Gasteiger partial charge in [-0.3, -0.25) is 10.1 Å². The molecule has 2 N–H and O–H groups in total. The lowest BCUT2D eigenvalue weighted by Crippen LogP contribution is -2.41. The first-order valence-electron chi connectivity index (χ1n) is 6.56. The molecule has 1 rings (SSSR count). The molecule has 0 fully saturated rings. The van der Waals surface area contributed by atoms with E-state index in [0.717, 1.165) is 23.9 Å². The minimum atomic E-state index is -4.42. The molecule has 122 valence electrons. The average molecular weight is 334 g/mol. The van der Waals surface area contributed by atoms with E-state index in [4.69, 9.17) is 0 Å². The van der Waals surface area contributed by atoms with Gasteiger partial charge in [0.1, 0.15) is 0 Å². The van der Waals surface area contributed by atoms with Crippen molar-refractivity contribution in [2.75, 3.05) is 12.3 Å². The standard InChI is InChI=1S/C14H17F3N2O2S/c1-9(2)7-18-13(21)19-12(20)8-22-11-5-3-4-10(6-11)14(15,16)17/h3-6,9H,7-8H2,1-2H3,(H2,18,19,20,21). The number of alkyl halides is 3. The van der Waals surface area contributed by atoms with E-state index < -0.39 is 23.7 Å². The van der Waals surface area contributed by atoms with Crippen LogP contribution >= 0.6 is 11.8 Å². The van der Waals surface area contributed by atoms with Gasteiger partial charge >= 0.3 is 12.2 Å². The Bertz CT molecular complexity index is 533. The van der Waals surface area contributed by atoms with Crippen molar-refractivity contribution in [1.29, 1.82) is 0 Å². The van der Waals surface area contributed by atoms with Crippen LogP contribution in [0.4, 0.5) is 18.0 Å². The summed E-state index contributed by atoms with van der Waals surface area (Å²) in [6.45, 7) is 4.25. The van der Waals surface area contributed by atoms with Gasteiger partial charge in [0.05, 0.1) is 11.3 Å². The molecule has 0 bridgehead atoms. The molecule has 0 saturated heterocycles. The van der Waals surface area contributed by atoms with Crippen molar-refractivity contribution < 1.29 is 22.8 Å². The zero-order valence-corrected chi connectivity index (χ0v) is 13.0. The van der Waals surface area contributed by atoms with E-state index in [1.54, 1.807) is 0 Å². The number of urea groups is 1. The fourth-order valence-electron chi connectivity index (χ4n) is 1.41. The highest BCUT2D eigenvalue weighted by atomic mass is 32.2. The van der Waals surface area contributed by atoms with Gasteiger partial charge in [-0.15, -0.1) is 11.8 Å². The monoisotopic (exact) mass is 334 g/mol. The molecule has 0 saturated carbocycles. The summed E-state index contributed by atoms with van der Waals surface area (Å²) in [6.07, 6.45) is -4.42. The zero-order chi connectivity index (χ0) is 16.8. The highest BCUT2D eigenvalue weighted by molar-refractivity contribution is 8.00. The van der Waals surface area contributed by atoms with E-state index in [-0.39, 0.29) is 11.7 Å².